The maximum atomic E-state index is 2.25. The molecule has 0 aliphatic heterocycles. The summed E-state index contributed by atoms with van der Waals surface area (Å²) in [5, 5.41) is 0. The van der Waals surface area contributed by atoms with Crippen LogP contribution < -0.4 is 0 Å². The largest absolute Gasteiger partial charge is 0.162 e. The van der Waals surface area contributed by atoms with Crippen LogP contribution in [-0.2, 0) is 21.1 Å². The summed E-state index contributed by atoms with van der Waals surface area (Å²) in [6.07, 6.45) is 5.49. The third kappa shape index (κ3) is 11.8. The van der Waals surface area contributed by atoms with Crippen molar-refractivity contribution in [1.29, 1.82) is 0 Å². The van der Waals surface area contributed by atoms with Gasteiger partial charge in [0.15, 0.2) is 0 Å². The number of thioether (sulfide) groups is 1. The van der Waals surface area contributed by atoms with Gasteiger partial charge in [-0.15, -0.1) is 0 Å². The Balaban J connectivity index is 0. The molecular weight excluding hydrogens is 323 g/mol. The first-order chi connectivity index (χ1) is 4.41. The Labute approximate surface area is 83.8 Å². The van der Waals surface area contributed by atoms with Crippen molar-refractivity contribution < 1.29 is 21.1 Å². The standard InChI is InChI=1S/C8H18S.Pt/c1-3-5-7-9-8-6-4-2;/h3-8H2,1-2H3;. The summed E-state index contributed by atoms with van der Waals surface area (Å²) >= 11 is 2.10. The van der Waals surface area contributed by atoms with Crippen LogP contribution in [0.25, 0.3) is 0 Å². The van der Waals surface area contributed by atoms with Gasteiger partial charge in [-0.2, -0.15) is 11.8 Å². The van der Waals surface area contributed by atoms with Crippen LogP contribution >= 0.6 is 11.8 Å². The van der Waals surface area contributed by atoms with E-state index in [1.165, 1.54) is 37.2 Å². The molecule has 0 spiro atoms. The van der Waals surface area contributed by atoms with Crippen molar-refractivity contribution in [1.82, 2.24) is 0 Å². The van der Waals surface area contributed by atoms with Crippen LogP contribution in [0.1, 0.15) is 39.5 Å². The van der Waals surface area contributed by atoms with Gasteiger partial charge in [0.1, 0.15) is 0 Å². The summed E-state index contributed by atoms with van der Waals surface area (Å²) in [7, 11) is 0. The molecule has 0 amide bonds. The second kappa shape index (κ2) is 12.7. The van der Waals surface area contributed by atoms with Crippen molar-refractivity contribution in [2.24, 2.45) is 0 Å². The number of rotatable bonds is 6. The normalized spacial score (nSPS) is 9.00. The zero-order valence-electron chi connectivity index (χ0n) is 6.97. The quantitative estimate of drug-likeness (QED) is 0.668. The Kier molecular flexibility index (Phi) is 17.3. The third-order valence-electron chi connectivity index (χ3n) is 1.28. The van der Waals surface area contributed by atoms with E-state index in [1.807, 2.05) is 0 Å². The van der Waals surface area contributed by atoms with Gasteiger partial charge in [-0.3, -0.25) is 0 Å². The van der Waals surface area contributed by atoms with Gasteiger partial charge < -0.3 is 0 Å². The van der Waals surface area contributed by atoms with Gasteiger partial charge in [0.25, 0.3) is 0 Å². The molecule has 0 aliphatic rings. The summed E-state index contributed by atoms with van der Waals surface area (Å²) in [6.45, 7) is 4.50. The molecule has 10 heavy (non-hydrogen) atoms. The third-order valence-corrected chi connectivity index (χ3v) is 2.44. The summed E-state index contributed by atoms with van der Waals surface area (Å²) in [6, 6.07) is 0. The Morgan fingerprint density at radius 1 is 0.900 bits per heavy atom. The zero-order valence-corrected chi connectivity index (χ0v) is 10.1. The minimum atomic E-state index is 0. The second-order valence-electron chi connectivity index (χ2n) is 2.32. The van der Waals surface area contributed by atoms with Crippen LogP contribution in [0, 0.1) is 0 Å². The van der Waals surface area contributed by atoms with E-state index < -0.39 is 0 Å². The Morgan fingerprint density at radius 3 is 1.60 bits per heavy atom. The first-order valence-corrected chi connectivity index (χ1v) is 5.15. The minimum absolute atomic E-state index is 0. The monoisotopic (exact) mass is 341 g/mol. The van der Waals surface area contributed by atoms with Crippen molar-refractivity contribution in [3.63, 3.8) is 0 Å². The molecule has 0 atom stereocenters. The molecule has 0 radical (unpaired) electrons. The van der Waals surface area contributed by atoms with Gasteiger partial charge in [-0.1, -0.05) is 26.7 Å². The fourth-order valence-electron chi connectivity index (χ4n) is 0.595. The van der Waals surface area contributed by atoms with Gasteiger partial charge in [-0.25, -0.2) is 0 Å². The van der Waals surface area contributed by atoms with Crippen molar-refractivity contribution in [2.75, 3.05) is 11.5 Å². The topological polar surface area (TPSA) is 0 Å². The number of hydrogen-bond acceptors (Lipinski definition) is 1. The number of hydrogen-bond donors (Lipinski definition) is 0. The molecule has 0 nitrogen and oxygen atoms in total. The van der Waals surface area contributed by atoms with Gasteiger partial charge >= 0.3 is 0 Å². The first kappa shape index (κ1) is 13.6. The van der Waals surface area contributed by atoms with Gasteiger partial charge in [-0.05, 0) is 24.3 Å². The van der Waals surface area contributed by atoms with Gasteiger partial charge in [0, 0.05) is 21.1 Å². The molecule has 0 rings (SSSR count). The molecule has 0 aromatic carbocycles. The molecule has 0 saturated carbocycles. The molecule has 0 aromatic rings. The molecule has 66 valence electrons. The van der Waals surface area contributed by atoms with Crippen LogP contribution in [0.2, 0.25) is 0 Å². The summed E-state index contributed by atoms with van der Waals surface area (Å²) in [5.41, 5.74) is 0. The molecule has 0 fully saturated rings. The summed E-state index contributed by atoms with van der Waals surface area (Å²) in [5.74, 6) is 2.74. The Bertz CT molecular complexity index is 42.5. The smallest absolute Gasteiger partial charge is 0 e. The van der Waals surface area contributed by atoms with Crippen LogP contribution in [-0.4, -0.2) is 11.5 Å². The van der Waals surface area contributed by atoms with Gasteiger partial charge in [0.2, 0.25) is 0 Å². The summed E-state index contributed by atoms with van der Waals surface area (Å²) in [4.78, 5) is 0. The fraction of sp³-hybridized carbons (Fsp3) is 1.00. The van der Waals surface area contributed by atoms with Crippen molar-refractivity contribution >= 4 is 11.8 Å². The maximum Gasteiger partial charge on any atom is 0 e. The Morgan fingerprint density at radius 2 is 1.30 bits per heavy atom. The van der Waals surface area contributed by atoms with Crippen molar-refractivity contribution in [3.05, 3.63) is 0 Å². The van der Waals surface area contributed by atoms with E-state index in [4.69, 9.17) is 0 Å². The van der Waals surface area contributed by atoms with Crippen LogP contribution in [0.3, 0.4) is 0 Å². The van der Waals surface area contributed by atoms with E-state index in [-0.39, 0.29) is 21.1 Å². The van der Waals surface area contributed by atoms with E-state index in [1.54, 1.807) is 0 Å². The molecule has 2 heteroatoms. The van der Waals surface area contributed by atoms with Crippen LogP contribution in [0.5, 0.6) is 0 Å². The molecular formula is C8H18PtS. The second-order valence-corrected chi connectivity index (χ2v) is 3.54. The van der Waals surface area contributed by atoms with E-state index in [0.29, 0.717) is 0 Å². The average Bonchev–Trinajstić information content (AvgIpc) is 1.89. The number of unbranched alkanes of at least 4 members (excludes halogenated alkanes) is 2. The van der Waals surface area contributed by atoms with E-state index in [2.05, 4.69) is 25.6 Å². The molecule has 0 unspecified atom stereocenters. The fourth-order valence-corrected chi connectivity index (χ4v) is 1.78. The van der Waals surface area contributed by atoms with E-state index >= 15 is 0 Å². The molecule has 0 bridgehead atoms. The van der Waals surface area contributed by atoms with Crippen molar-refractivity contribution in [3.8, 4) is 0 Å². The van der Waals surface area contributed by atoms with Gasteiger partial charge in [0.05, 0.1) is 0 Å². The SMILES string of the molecule is CCCCSCCCC.[Pt]. The Hall–Kier alpha value is 1.04. The van der Waals surface area contributed by atoms with Crippen LogP contribution in [0.15, 0.2) is 0 Å². The minimum Gasteiger partial charge on any atom is -0.162 e. The molecule has 0 heterocycles. The summed E-state index contributed by atoms with van der Waals surface area (Å²) < 4.78 is 0. The molecule has 0 N–H and O–H groups in total. The predicted octanol–water partition coefficient (Wildman–Crippen LogP) is 3.32. The average molecular weight is 341 g/mol. The van der Waals surface area contributed by atoms with Crippen LogP contribution in [0.4, 0.5) is 0 Å². The maximum absolute atomic E-state index is 2.25. The van der Waals surface area contributed by atoms with E-state index in [0.717, 1.165) is 0 Å². The van der Waals surface area contributed by atoms with E-state index in [9.17, 15) is 0 Å². The molecule has 0 aliphatic carbocycles. The zero-order chi connectivity index (χ0) is 6.95. The molecule has 0 saturated heterocycles. The first-order valence-electron chi connectivity index (χ1n) is 3.99. The molecule has 0 aromatic heterocycles. The van der Waals surface area contributed by atoms with Crippen molar-refractivity contribution in [2.45, 2.75) is 39.5 Å². The predicted molar refractivity (Wildman–Crippen MR) is 47.1 cm³/mol.